The van der Waals surface area contributed by atoms with E-state index in [9.17, 15) is 23.1 Å². The second-order valence-electron chi connectivity index (χ2n) is 9.60. The second-order valence-corrected chi connectivity index (χ2v) is 10.0. The molecule has 2 aromatic heterocycles. The lowest BCUT2D eigenvalue weighted by atomic mass is 9.95. The number of alkyl halides is 3. The van der Waals surface area contributed by atoms with E-state index in [0.29, 0.717) is 5.69 Å². The van der Waals surface area contributed by atoms with Gasteiger partial charge in [-0.25, -0.2) is 0 Å². The molecule has 0 spiro atoms. The maximum absolute atomic E-state index is 13.6. The van der Waals surface area contributed by atoms with Gasteiger partial charge in [0.1, 0.15) is 18.0 Å². The van der Waals surface area contributed by atoms with Crippen molar-refractivity contribution in [2.24, 2.45) is 7.05 Å². The summed E-state index contributed by atoms with van der Waals surface area (Å²) < 4.78 is 56.8. The van der Waals surface area contributed by atoms with Crippen LogP contribution in [0.5, 0.6) is 0 Å². The molecule has 226 valence electrons. The van der Waals surface area contributed by atoms with E-state index >= 15 is 0 Å². The average molecular weight is 619 g/mol. The molecule has 0 bridgehead atoms. The predicted octanol–water partition coefficient (Wildman–Crippen LogP) is 4.84. The first-order chi connectivity index (χ1) is 20.5. The number of nitrogens with one attached hydrogen (secondary N) is 1. The number of allylic oxidation sites excluding steroid dienone is 1. The van der Waals surface area contributed by atoms with Gasteiger partial charge >= 0.3 is 12.1 Å². The van der Waals surface area contributed by atoms with Gasteiger partial charge in [-0.2, -0.15) is 18.3 Å². The quantitative estimate of drug-likeness (QED) is 0.271. The van der Waals surface area contributed by atoms with Crippen molar-refractivity contribution in [3.8, 4) is 11.5 Å². The van der Waals surface area contributed by atoms with Gasteiger partial charge < -0.3 is 29.2 Å². The number of amides is 1. The van der Waals surface area contributed by atoms with Crippen molar-refractivity contribution >= 4 is 39.7 Å². The highest BCUT2D eigenvalue weighted by molar-refractivity contribution is 6.31. The number of carbonyl (C=O) groups is 1. The first-order valence-corrected chi connectivity index (χ1v) is 13.2. The number of methoxy groups -OCH3 is 2. The predicted molar refractivity (Wildman–Crippen MR) is 150 cm³/mol. The van der Waals surface area contributed by atoms with Crippen LogP contribution in [0.2, 0.25) is 5.02 Å². The summed E-state index contributed by atoms with van der Waals surface area (Å²) in [6.07, 6.45) is -1.33. The number of anilines is 1. The highest BCUT2D eigenvalue weighted by atomic mass is 35.5. The lowest BCUT2D eigenvalue weighted by molar-refractivity contribution is -0.157. The maximum atomic E-state index is 13.6. The molecule has 2 N–H and O–H groups in total. The van der Waals surface area contributed by atoms with Crippen molar-refractivity contribution in [2.45, 2.75) is 24.9 Å². The third-order valence-corrected chi connectivity index (χ3v) is 6.92. The molecule has 1 amide bonds. The Morgan fingerprint density at radius 3 is 2.67 bits per heavy atom. The van der Waals surface area contributed by atoms with E-state index in [2.05, 4.69) is 20.6 Å². The fraction of sp³-hybridized carbons (Fsp3) is 0.286. The minimum atomic E-state index is -4.84. The summed E-state index contributed by atoms with van der Waals surface area (Å²) >= 11 is 6.24. The minimum absolute atomic E-state index is 0.127. The van der Waals surface area contributed by atoms with Gasteiger partial charge in [0.15, 0.2) is 0 Å². The third-order valence-electron chi connectivity index (χ3n) is 6.69. The molecule has 0 radical (unpaired) electrons. The van der Waals surface area contributed by atoms with E-state index in [1.165, 1.54) is 49.6 Å². The fourth-order valence-electron chi connectivity index (χ4n) is 4.73. The molecule has 3 heterocycles. The zero-order valence-corrected chi connectivity index (χ0v) is 23.8. The van der Waals surface area contributed by atoms with Crippen molar-refractivity contribution < 1.29 is 37.0 Å². The van der Waals surface area contributed by atoms with Crippen LogP contribution < -0.4 is 5.32 Å². The second kappa shape index (κ2) is 12.1. The van der Waals surface area contributed by atoms with E-state index < -0.39 is 36.1 Å². The van der Waals surface area contributed by atoms with Crippen LogP contribution in [0, 0.1) is 0 Å². The van der Waals surface area contributed by atoms with Gasteiger partial charge in [-0.05, 0) is 48.0 Å². The average Bonchev–Trinajstić information content (AvgIpc) is 3.60. The van der Waals surface area contributed by atoms with E-state index in [1.54, 1.807) is 29.9 Å². The van der Waals surface area contributed by atoms with Crippen LogP contribution in [-0.2, 0) is 27.5 Å². The number of aliphatic hydroxyl groups excluding tert-OH is 1. The monoisotopic (exact) mass is 618 g/mol. The van der Waals surface area contributed by atoms with Crippen LogP contribution >= 0.6 is 11.6 Å². The van der Waals surface area contributed by atoms with Crippen molar-refractivity contribution in [1.82, 2.24) is 24.9 Å². The van der Waals surface area contributed by atoms with Gasteiger partial charge in [0.2, 0.25) is 11.8 Å². The third kappa shape index (κ3) is 6.35. The molecule has 1 aliphatic heterocycles. The van der Waals surface area contributed by atoms with Crippen LogP contribution in [0.3, 0.4) is 0 Å². The number of benzene rings is 2. The molecule has 1 aliphatic rings. The highest BCUT2D eigenvalue weighted by Crippen LogP contribution is 2.39. The summed E-state index contributed by atoms with van der Waals surface area (Å²) in [6.45, 7) is 0.201. The van der Waals surface area contributed by atoms with Crippen LogP contribution in [0.1, 0.15) is 17.9 Å². The Kier molecular flexibility index (Phi) is 8.44. The molecule has 11 nitrogen and oxygen atoms in total. The molecule has 4 aromatic rings. The Labute approximate surface area is 248 Å². The molecule has 2 aromatic carbocycles. The van der Waals surface area contributed by atoms with Crippen molar-refractivity contribution in [1.29, 1.82) is 0 Å². The zero-order valence-electron chi connectivity index (χ0n) is 23.1. The summed E-state index contributed by atoms with van der Waals surface area (Å²) in [4.78, 5) is 15.0. The Hall–Kier alpha value is -4.40. The van der Waals surface area contributed by atoms with E-state index in [4.69, 9.17) is 25.5 Å². The van der Waals surface area contributed by atoms with Gasteiger partial charge in [0.05, 0.1) is 12.6 Å². The van der Waals surface area contributed by atoms with E-state index in [0.717, 1.165) is 10.9 Å². The highest BCUT2D eigenvalue weighted by Gasteiger charge is 2.39. The largest absolute Gasteiger partial charge is 0.495 e. The number of hydrogen-bond acceptors (Lipinski definition) is 9. The standard InChI is InChI=1S/C28H26ClF3N6O5/c1-37-13-15-10-17(5-7-21(15)36-37)33-25(40)22(8-9-41-2)38-14-23(42-3)20(12-24(38)39)19-11-16(29)4-6-18(19)26-34-35-27(43-26)28(30,31)32/h4-7,10-14,22,24,39H,8-9H2,1-3H3,(H,33,40). The normalized spacial score (nSPS) is 16.2. The first-order valence-electron chi connectivity index (χ1n) is 12.9. The number of aliphatic hydroxyl groups is 1. The summed E-state index contributed by atoms with van der Waals surface area (Å²) in [7, 11) is 4.67. The summed E-state index contributed by atoms with van der Waals surface area (Å²) in [5.74, 6) is -2.15. The molecule has 2 atom stereocenters. The van der Waals surface area contributed by atoms with Crippen LogP contribution in [-0.4, -0.2) is 69.0 Å². The van der Waals surface area contributed by atoms with Crippen molar-refractivity contribution in [3.63, 3.8) is 0 Å². The number of nitrogens with zero attached hydrogens (tertiary/aromatic N) is 5. The van der Waals surface area contributed by atoms with Crippen molar-refractivity contribution in [2.75, 3.05) is 26.1 Å². The van der Waals surface area contributed by atoms with Gasteiger partial charge in [0, 0.05) is 66.8 Å². The molecule has 5 rings (SSSR count). The first kappa shape index (κ1) is 30.1. The topological polar surface area (TPSA) is 128 Å². The molecule has 0 fully saturated rings. The number of fused-ring (bicyclic) bond motifs is 1. The summed E-state index contributed by atoms with van der Waals surface area (Å²) in [5.41, 5.74) is 1.97. The van der Waals surface area contributed by atoms with Gasteiger partial charge in [-0.15, -0.1) is 10.2 Å². The van der Waals surface area contributed by atoms with Crippen LogP contribution in [0.25, 0.3) is 27.9 Å². The Balaban J connectivity index is 1.47. The lowest BCUT2D eigenvalue weighted by Gasteiger charge is -2.36. The number of ether oxygens (including phenoxy) is 2. The van der Waals surface area contributed by atoms with Gasteiger partial charge in [0.25, 0.3) is 0 Å². The fourth-order valence-corrected chi connectivity index (χ4v) is 4.90. The Morgan fingerprint density at radius 2 is 1.98 bits per heavy atom. The number of hydrogen-bond donors (Lipinski definition) is 2. The van der Waals surface area contributed by atoms with Crippen LogP contribution in [0.4, 0.5) is 18.9 Å². The summed E-state index contributed by atoms with van der Waals surface area (Å²) in [5, 5.41) is 26.2. The SMILES string of the molecule is COCCC(C(=O)Nc1ccc2nn(C)cc2c1)N1C=C(OC)C(c2cc(Cl)ccc2-c2nnc(C(F)(F)F)o2)=CC1O. The number of halogens is 4. The van der Waals surface area contributed by atoms with E-state index in [1.807, 2.05) is 6.20 Å². The smallest absolute Gasteiger partial charge is 0.470 e. The minimum Gasteiger partial charge on any atom is -0.495 e. The molecular weight excluding hydrogens is 593 g/mol. The molecule has 15 heteroatoms. The number of aryl methyl sites for hydroxylation is 1. The summed E-state index contributed by atoms with van der Waals surface area (Å²) in [6, 6.07) is 8.74. The van der Waals surface area contributed by atoms with Gasteiger partial charge in [-0.1, -0.05) is 11.6 Å². The Morgan fingerprint density at radius 1 is 1.19 bits per heavy atom. The Bertz CT molecular complexity index is 1720. The molecule has 0 saturated carbocycles. The number of carbonyl (C=O) groups excluding carboxylic acids is 1. The zero-order chi connectivity index (χ0) is 30.9. The lowest BCUT2D eigenvalue weighted by Crippen LogP contribution is -2.47. The molecular formula is C28H26ClF3N6O5. The maximum Gasteiger partial charge on any atom is 0.470 e. The van der Waals surface area contributed by atoms with E-state index in [-0.39, 0.29) is 40.5 Å². The molecule has 0 aliphatic carbocycles. The molecule has 2 unspecified atom stereocenters. The molecule has 43 heavy (non-hydrogen) atoms. The van der Waals surface area contributed by atoms with Crippen molar-refractivity contribution in [3.05, 3.63) is 77.1 Å². The van der Waals surface area contributed by atoms with Crippen LogP contribution in [0.15, 0.2) is 65.0 Å². The molecule has 0 saturated heterocycles. The van der Waals surface area contributed by atoms with Gasteiger partial charge in [-0.3, -0.25) is 9.48 Å². The number of aromatic nitrogens is 4. The number of rotatable bonds is 9.